The Balaban J connectivity index is 1.48. The molecule has 0 unspecified atom stereocenters. The fraction of sp³-hybridized carbons (Fsp3) is 0.414. The van der Waals surface area contributed by atoms with Gasteiger partial charge >= 0.3 is 0 Å². The van der Waals surface area contributed by atoms with E-state index in [0.29, 0.717) is 32.5 Å². The first-order chi connectivity index (χ1) is 17.9. The summed E-state index contributed by atoms with van der Waals surface area (Å²) in [5.74, 6) is 0.471. The van der Waals surface area contributed by atoms with E-state index >= 15 is 0 Å². The molecule has 0 saturated carbocycles. The quantitative estimate of drug-likeness (QED) is 0.393. The standard InChI is InChI=1S/C29H36N4O4/c1-4-15-37-29(25-8-6-5-7-21(25)2)18-33(19-29)28(35)26(16-22-9-12-24(36-3)13-10-22)32-27(34)14-11-23-17-30-20-31-23/h5-10,12-13,17,20,26H,4,11,14-16,18-19H2,1-3H3,(H,30,31)(H,32,34)/t26-/m0/s1. The molecule has 2 N–H and O–H groups in total. The van der Waals surface area contributed by atoms with Gasteiger partial charge in [-0.15, -0.1) is 0 Å². The number of nitrogens with one attached hydrogen (secondary N) is 2. The number of hydrogen-bond donors (Lipinski definition) is 2. The summed E-state index contributed by atoms with van der Waals surface area (Å²) in [5, 5.41) is 2.99. The number of rotatable bonds is 12. The minimum atomic E-state index is -0.677. The number of aromatic nitrogens is 2. The largest absolute Gasteiger partial charge is 0.497 e. The molecule has 2 aromatic carbocycles. The van der Waals surface area contributed by atoms with Crippen LogP contribution in [0.2, 0.25) is 0 Å². The Kier molecular flexibility index (Phi) is 8.61. The lowest BCUT2D eigenvalue weighted by Crippen LogP contribution is -2.66. The van der Waals surface area contributed by atoms with E-state index in [1.54, 1.807) is 24.5 Å². The third-order valence-corrected chi connectivity index (χ3v) is 6.83. The third kappa shape index (κ3) is 6.38. The molecular weight excluding hydrogens is 468 g/mol. The van der Waals surface area contributed by atoms with Crippen LogP contribution in [0, 0.1) is 6.92 Å². The normalized spacial score (nSPS) is 15.1. The molecule has 2 amide bonds. The van der Waals surface area contributed by atoms with E-state index in [2.05, 4.69) is 41.3 Å². The van der Waals surface area contributed by atoms with Gasteiger partial charge < -0.3 is 24.7 Å². The number of ether oxygens (including phenoxy) is 2. The Morgan fingerprint density at radius 1 is 1.16 bits per heavy atom. The number of amides is 2. The molecule has 1 atom stereocenters. The molecule has 0 bridgehead atoms. The Hall–Kier alpha value is -3.65. The van der Waals surface area contributed by atoms with Crippen LogP contribution in [0.5, 0.6) is 5.75 Å². The highest BCUT2D eigenvalue weighted by Gasteiger charge is 2.49. The van der Waals surface area contributed by atoms with Crippen molar-refractivity contribution < 1.29 is 19.1 Å². The lowest BCUT2D eigenvalue weighted by atomic mass is 9.82. The molecule has 8 nitrogen and oxygen atoms in total. The lowest BCUT2D eigenvalue weighted by Gasteiger charge is -2.51. The van der Waals surface area contributed by atoms with Crippen LogP contribution in [0.4, 0.5) is 0 Å². The van der Waals surface area contributed by atoms with Gasteiger partial charge in [0.05, 0.1) is 26.5 Å². The van der Waals surface area contributed by atoms with Crippen molar-refractivity contribution >= 4 is 11.8 Å². The van der Waals surface area contributed by atoms with E-state index in [9.17, 15) is 9.59 Å². The Bertz CT molecular complexity index is 1170. The summed E-state index contributed by atoms with van der Waals surface area (Å²) in [6, 6.07) is 15.1. The van der Waals surface area contributed by atoms with Crippen molar-refractivity contribution in [2.24, 2.45) is 0 Å². The van der Waals surface area contributed by atoms with Gasteiger partial charge in [-0.3, -0.25) is 9.59 Å². The molecular formula is C29H36N4O4. The van der Waals surface area contributed by atoms with Crippen LogP contribution in [0.15, 0.2) is 61.1 Å². The number of hydrogen-bond acceptors (Lipinski definition) is 5. The molecule has 2 heterocycles. The molecule has 196 valence electrons. The van der Waals surface area contributed by atoms with Crippen molar-refractivity contribution in [3.8, 4) is 5.75 Å². The van der Waals surface area contributed by atoms with Crippen molar-refractivity contribution in [3.05, 3.63) is 83.4 Å². The highest BCUT2D eigenvalue weighted by Crippen LogP contribution is 2.38. The van der Waals surface area contributed by atoms with E-state index in [0.717, 1.165) is 34.6 Å². The number of nitrogens with zero attached hydrogens (tertiary/aromatic N) is 2. The second-order valence-corrected chi connectivity index (χ2v) is 9.60. The minimum absolute atomic E-state index is 0.102. The van der Waals surface area contributed by atoms with Crippen LogP contribution in [0.1, 0.15) is 42.1 Å². The maximum atomic E-state index is 13.7. The van der Waals surface area contributed by atoms with Gasteiger partial charge in [-0.25, -0.2) is 4.98 Å². The van der Waals surface area contributed by atoms with E-state index < -0.39 is 11.6 Å². The summed E-state index contributed by atoms with van der Waals surface area (Å²) in [6.45, 7) is 5.69. The molecule has 8 heteroatoms. The fourth-order valence-corrected chi connectivity index (χ4v) is 4.80. The smallest absolute Gasteiger partial charge is 0.245 e. The van der Waals surface area contributed by atoms with Crippen molar-refractivity contribution in [1.29, 1.82) is 0 Å². The molecule has 1 aromatic heterocycles. The van der Waals surface area contributed by atoms with Crippen molar-refractivity contribution in [3.63, 3.8) is 0 Å². The lowest BCUT2D eigenvalue weighted by molar-refractivity contribution is -0.175. The predicted molar refractivity (Wildman–Crippen MR) is 141 cm³/mol. The fourth-order valence-electron chi connectivity index (χ4n) is 4.80. The maximum absolute atomic E-state index is 13.7. The highest BCUT2D eigenvalue weighted by atomic mass is 16.5. The monoisotopic (exact) mass is 504 g/mol. The summed E-state index contributed by atoms with van der Waals surface area (Å²) in [6.07, 6.45) is 5.38. The third-order valence-electron chi connectivity index (χ3n) is 6.83. The van der Waals surface area contributed by atoms with Gasteiger partial charge in [-0.2, -0.15) is 0 Å². The van der Waals surface area contributed by atoms with Crippen LogP contribution in [-0.4, -0.2) is 59.5 Å². The molecule has 0 spiro atoms. The summed E-state index contributed by atoms with van der Waals surface area (Å²) in [5.41, 5.74) is 3.56. The first kappa shape index (κ1) is 26.4. The maximum Gasteiger partial charge on any atom is 0.245 e. The van der Waals surface area contributed by atoms with E-state index in [4.69, 9.17) is 9.47 Å². The molecule has 3 aromatic rings. The van der Waals surface area contributed by atoms with Crippen LogP contribution < -0.4 is 10.1 Å². The van der Waals surface area contributed by atoms with Gasteiger partial charge in [0.1, 0.15) is 17.4 Å². The topological polar surface area (TPSA) is 96.6 Å². The number of H-pyrrole nitrogens is 1. The number of methoxy groups -OCH3 is 1. The van der Waals surface area contributed by atoms with Crippen molar-refractivity contribution in [2.75, 3.05) is 26.8 Å². The first-order valence-electron chi connectivity index (χ1n) is 12.8. The molecule has 0 aliphatic carbocycles. The van der Waals surface area contributed by atoms with Gasteiger partial charge in [-0.1, -0.05) is 43.3 Å². The zero-order valence-electron chi connectivity index (χ0n) is 21.8. The molecule has 1 saturated heterocycles. The number of aryl methyl sites for hydroxylation is 2. The van der Waals surface area contributed by atoms with Crippen molar-refractivity contribution in [1.82, 2.24) is 20.2 Å². The summed E-state index contributed by atoms with van der Waals surface area (Å²) in [4.78, 5) is 35.4. The predicted octanol–water partition coefficient (Wildman–Crippen LogP) is 3.55. The highest BCUT2D eigenvalue weighted by molar-refractivity contribution is 5.88. The molecule has 1 aliphatic heterocycles. The first-order valence-corrected chi connectivity index (χ1v) is 12.8. The van der Waals surface area contributed by atoms with Crippen LogP contribution in [0.25, 0.3) is 0 Å². The minimum Gasteiger partial charge on any atom is -0.497 e. The van der Waals surface area contributed by atoms with Gasteiger partial charge in [0, 0.05) is 31.3 Å². The number of carbonyl (C=O) groups excluding carboxylic acids is 2. The van der Waals surface area contributed by atoms with Crippen LogP contribution in [0.3, 0.4) is 0 Å². The van der Waals surface area contributed by atoms with E-state index in [1.165, 1.54) is 0 Å². The van der Waals surface area contributed by atoms with Gasteiger partial charge in [0.15, 0.2) is 0 Å². The molecule has 37 heavy (non-hydrogen) atoms. The second kappa shape index (κ2) is 12.1. The molecule has 1 aliphatic rings. The summed E-state index contributed by atoms with van der Waals surface area (Å²) in [7, 11) is 1.62. The molecule has 0 radical (unpaired) electrons. The SMILES string of the molecule is CCCOC1(c2ccccc2C)CN(C(=O)[C@H](Cc2ccc(OC)cc2)NC(=O)CCc2cnc[nH]2)C1. The van der Waals surface area contributed by atoms with Crippen LogP contribution in [-0.2, 0) is 32.8 Å². The Labute approximate surface area is 218 Å². The van der Waals surface area contributed by atoms with Crippen LogP contribution >= 0.6 is 0 Å². The second-order valence-electron chi connectivity index (χ2n) is 9.60. The Morgan fingerprint density at radius 2 is 1.92 bits per heavy atom. The van der Waals surface area contributed by atoms with E-state index in [1.807, 2.05) is 36.4 Å². The number of likely N-dealkylation sites (tertiary alicyclic amines) is 1. The number of aromatic amines is 1. The summed E-state index contributed by atoms with van der Waals surface area (Å²) >= 11 is 0. The van der Waals surface area contributed by atoms with Crippen molar-refractivity contribution in [2.45, 2.75) is 51.2 Å². The van der Waals surface area contributed by atoms with Gasteiger partial charge in [0.2, 0.25) is 11.8 Å². The average molecular weight is 505 g/mol. The average Bonchev–Trinajstić information content (AvgIpc) is 3.41. The number of imidazole rings is 1. The zero-order chi connectivity index (χ0) is 26.3. The Morgan fingerprint density at radius 3 is 2.57 bits per heavy atom. The zero-order valence-corrected chi connectivity index (χ0v) is 21.8. The number of benzene rings is 2. The van der Waals surface area contributed by atoms with Gasteiger partial charge in [0.25, 0.3) is 0 Å². The van der Waals surface area contributed by atoms with Gasteiger partial charge in [-0.05, 0) is 48.6 Å². The molecule has 1 fully saturated rings. The summed E-state index contributed by atoms with van der Waals surface area (Å²) < 4.78 is 11.6. The van der Waals surface area contributed by atoms with E-state index in [-0.39, 0.29) is 18.2 Å². The number of carbonyl (C=O) groups is 2. The molecule has 4 rings (SSSR count).